The normalized spacial score (nSPS) is 13.3. The van der Waals surface area contributed by atoms with E-state index in [2.05, 4.69) is 65.8 Å². The van der Waals surface area contributed by atoms with Gasteiger partial charge in [0, 0.05) is 33.3 Å². The van der Waals surface area contributed by atoms with Gasteiger partial charge in [0.05, 0.1) is 6.61 Å². The van der Waals surface area contributed by atoms with Crippen molar-refractivity contribution >= 4 is 5.96 Å². The van der Waals surface area contributed by atoms with Crippen LogP contribution in [0.25, 0.3) is 0 Å². The number of ether oxygens (including phenoxy) is 1. The average molecular weight is 292 g/mol. The Bertz CT molecular complexity index is 428. The van der Waals surface area contributed by atoms with E-state index in [1.165, 1.54) is 11.1 Å². The summed E-state index contributed by atoms with van der Waals surface area (Å²) in [4.78, 5) is 6.38. The molecule has 0 aliphatic rings. The molecular formula is C16H28N4O. The first-order valence-corrected chi connectivity index (χ1v) is 7.23. The van der Waals surface area contributed by atoms with Crippen LogP contribution in [0.15, 0.2) is 29.3 Å². The number of nitrogens with one attached hydrogen (secondary N) is 2. The van der Waals surface area contributed by atoms with E-state index in [0.717, 1.165) is 19.0 Å². The third-order valence-electron chi connectivity index (χ3n) is 3.01. The zero-order valence-electron chi connectivity index (χ0n) is 13.8. The van der Waals surface area contributed by atoms with E-state index >= 15 is 0 Å². The Kier molecular flexibility index (Phi) is 7.79. The summed E-state index contributed by atoms with van der Waals surface area (Å²) in [5.41, 5.74) is 2.56. The van der Waals surface area contributed by atoms with Gasteiger partial charge in [-0.3, -0.25) is 4.99 Å². The minimum atomic E-state index is 0.226. The minimum Gasteiger partial charge on any atom is -0.383 e. The predicted molar refractivity (Wildman–Crippen MR) is 88.5 cm³/mol. The van der Waals surface area contributed by atoms with E-state index in [4.69, 9.17) is 4.74 Å². The second kappa shape index (κ2) is 9.37. The molecule has 2 N–H and O–H groups in total. The second-order valence-electron chi connectivity index (χ2n) is 5.48. The van der Waals surface area contributed by atoms with Crippen molar-refractivity contribution in [2.24, 2.45) is 4.99 Å². The van der Waals surface area contributed by atoms with Crippen molar-refractivity contribution in [2.75, 3.05) is 34.9 Å². The van der Waals surface area contributed by atoms with Crippen LogP contribution in [-0.4, -0.2) is 51.8 Å². The van der Waals surface area contributed by atoms with Gasteiger partial charge in [-0.1, -0.05) is 24.3 Å². The lowest BCUT2D eigenvalue weighted by Crippen LogP contribution is -2.43. The Morgan fingerprint density at radius 2 is 1.86 bits per heavy atom. The van der Waals surface area contributed by atoms with Gasteiger partial charge in [-0.2, -0.15) is 0 Å². The molecule has 0 aliphatic carbocycles. The topological polar surface area (TPSA) is 48.9 Å². The molecule has 1 unspecified atom stereocenters. The summed E-state index contributed by atoms with van der Waals surface area (Å²) in [5, 5.41) is 6.59. The monoisotopic (exact) mass is 292 g/mol. The summed E-state index contributed by atoms with van der Waals surface area (Å²) in [5.74, 6) is 0.789. The molecule has 1 aromatic rings. The highest BCUT2D eigenvalue weighted by atomic mass is 16.5. The first-order chi connectivity index (χ1) is 10.0. The zero-order valence-corrected chi connectivity index (χ0v) is 13.8. The largest absolute Gasteiger partial charge is 0.383 e. The van der Waals surface area contributed by atoms with E-state index in [1.807, 2.05) is 0 Å². The fourth-order valence-electron chi connectivity index (χ4n) is 2.03. The van der Waals surface area contributed by atoms with Crippen molar-refractivity contribution in [3.8, 4) is 0 Å². The van der Waals surface area contributed by atoms with Gasteiger partial charge in [-0.25, -0.2) is 0 Å². The molecule has 5 heteroatoms. The lowest BCUT2D eigenvalue weighted by atomic mass is 10.1. The number of nitrogens with zero attached hydrogens (tertiary/aromatic N) is 2. The summed E-state index contributed by atoms with van der Waals surface area (Å²) < 4.78 is 5.11. The maximum atomic E-state index is 5.11. The van der Waals surface area contributed by atoms with Crippen molar-refractivity contribution in [3.05, 3.63) is 35.4 Å². The van der Waals surface area contributed by atoms with Crippen LogP contribution in [0.1, 0.15) is 18.1 Å². The summed E-state index contributed by atoms with van der Waals surface area (Å²) in [7, 11) is 7.62. The number of rotatable bonds is 7. The van der Waals surface area contributed by atoms with Crippen LogP contribution in [-0.2, 0) is 17.8 Å². The molecule has 21 heavy (non-hydrogen) atoms. The molecule has 0 amide bonds. The summed E-state index contributed by atoms with van der Waals surface area (Å²) >= 11 is 0. The Morgan fingerprint density at radius 3 is 2.38 bits per heavy atom. The molecule has 0 radical (unpaired) electrons. The highest BCUT2D eigenvalue weighted by Gasteiger charge is 2.04. The molecule has 0 fully saturated rings. The summed E-state index contributed by atoms with van der Waals surface area (Å²) in [6, 6.07) is 8.86. The van der Waals surface area contributed by atoms with Crippen LogP contribution in [0.5, 0.6) is 0 Å². The van der Waals surface area contributed by atoms with Gasteiger partial charge in [0.25, 0.3) is 0 Å². The summed E-state index contributed by atoms with van der Waals surface area (Å²) in [6.45, 7) is 4.43. The van der Waals surface area contributed by atoms with Crippen LogP contribution in [0.4, 0.5) is 0 Å². The minimum absolute atomic E-state index is 0.226. The number of methoxy groups -OCH3 is 1. The molecule has 0 bridgehead atoms. The lowest BCUT2D eigenvalue weighted by molar-refractivity contribution is 0.179. The third kappa shape index (κ3) is 7.11. The highest BCUT2D eigenvalue weighted by Crippen LogP contribution is 2.05. The predicted octanol–water partition coefficient (Wildman–Crippen LogP) is 1.45. The number of benzene rings is 1. The average Bonchev–Trinajstić information content (AvgIpc) is 2.44. The van der Waals surface area contributed by atoms with Crippen LogP contribution in [0, 0.1) is 0 Å². The lowest BCUT2D eigenvalue weighted by Gasteiger charge is -2.17. The second-order valence-corrected chi connectivity index (χ2v) is 5.48. The van der Waals surface area contributed by atoms with Gasteiger partial charge in [0.1, 0.15) is 0 Å². The van der Waals surface area contributed by atoms with Gasteiger partial charge < -0.3 is 20.3 Å². The molecule has 1 atom stereocenters. The van der Waals surface area contributed by atoms with Crippen LogP contribution in [0.2, 0.25) is 0 Å². The van der Waals surface area contributed by atoms with Crippen LogP contribution in [0.3, 0.4) is 0 Å². The van der Waals surface area contributed by atoms with Crippen molar-refractivity contribution in [1.29, 1.82) is 0 Å². The van der Waals surface area contributed by atoms with E-state index in [-0.39, 0.29) is 6.04 Å². The number of hydrogen-bond donors (Lipinski definition) is 2. The van der Waals surface area contributed by atoms with Crippen molar-refractivity contribution in [3.63, 3.8) is 0 Å². The van der Waals surface area contributed by atoms with Gasteiger partial charge in [-0.05, 0) is 32.1 Å². The molecule has 0 aromatic heterocycles. The molecule has 5 nitrogen and oxygen atoms in total. The third-order valence-corrected chi connectivity index (χ3v) is 3.01. The molecular weight excluding hydrogens is 264 g/mol. The zero-order chi connectivity index (χ0) is 15.7. The van der Waals surface area contributed by atoms with Gasteiger partial charge in [0.2, 0.25) is 0 Å². The molecule has 0 heterocycles. The van der Waals surface area contributed by atoms with Gasteiger partial charge >= 0.3 is 0 Å². The van der Waals surface area contributed by atoms with E-state index < -0.39 is 0 Å². The van der Waals surface area contributed by atoms with Crippen LogP contribution < -0.4 is 10.6 Å². The Balaban J connectivity index is 2.46. The smallest absolute Gasteiger partial charge is 0.191 e. The molecule has 1 aromatic carbocycles. The van der Waals surface area contributed by atoms with Crippen LogP contribution >= 0.6 is 0 Å². The van der Waals surface area contributed by atoms with Crippen molar-refractivity contribution in [1.82, 2.24) is 15.5 Å². The fourth-order valence-corrected chi connectivity index (χ4v) is 2.03. The quantitative estimate of drug-likeness (QED) is 0.590. The van der Waals surface area contributed by atoms with E-state index in [9.17, 15) is 0 Å². The SMILES string of the molecule is CN=C(NCc1ccc(CN(C)C)cc1)NC(C)COC. The van der Waals surface area contributed by atoms with E-state index in [1.54, 1.807) is 14.2 Å². The fraction of sp³-hybridized carbons (Fsp3) is 0.562. The first kappa shape index (κ1) is 17.5. The van der Waals surface area contributed by atoms with Crippen molar-refractivity contribution in [2.45, 2.75) is 26.1 Å². The standard InChI is InChI=1S/C16H28N4O/c1-13(12-21-5)19-16(17-2)18-10-14-6-8-15(9-7-14)11-20(3)4/h6-9,13H,10-12H2,1-5H3,(H2,17,18,19). The molecule has 0 aliphatic heterocycles. The maximum Gasteiger partial charge on any atom is 0.191 e. The van der Waals surface area contributed by atoms with E-state index in [0.29, 0.717) is 6.61 Å². The molecule has 118 valence electrons. The molecule has 0 saturated heterocycles. The Hall–Kier alpha value is -1.59. The molecule has 1 rings (SSSR count). The molecule has 0 spiro atoms. The number of guanidine groups is 1. The first-order valence-electron chi connectivity index (χ1n) is 7.23. The van der Waals surface area contributed by atoms with Gasteiger partial charge in [0.15, 0.2) is 5.96 Å². The number of hydrogen-bond acceptors (Lipinski definition) is 3. The maximum absolute atomic E-state index is 5.11. The van der Waals surface area contributed by atoms with Gasteiger partial charge in [-0.15, -0.1) is 0 Å². The Labute approximate surface area is 128 Å². The summed E-state index contributed by atoms with van der Waals surface area (Å²) in [6.07, 6.45) is 0. The highest BCUT2D eigenvalue weighted by molar-refractivity contribution is 5.79. The van der Waals surface area contributed by atoms with Crippen molar-refractivity contribution < 1.29 is 4.74 Å². The number of aliphatic imine (C=N–C) groups is 1. The Morgan fingerprint density at radius 1 is 1.24 bits per heavy atom. The molecule has 0 saturated carbocycles.